The van der Waals surface area contributed by atoms with Gasteiger partial charge in [0.05, 0.1) is 6.42 Å². The summed E-state index contributed by atoms with van der Waals surface area (Å²) < 4.78 is 0. The first-order chi connectivity index (χ1) is 8.65. The molecule has 92 valence electrons. The zero-order chi connectivity index (χ0) is 13.0. The lowest BCUT2D eigenvalue weighted by Gasteiger charge is -2.10. The number of rotatable bonds is 4. The molecule has 0 bridgehead atoms. The summed E-state index contributed by atoms with van der Waals surface area (Å²) in [5.41, 5.74) is 2.15. The number of phenols is 1. The Bertz CT molecular complexity index is 566. The SMILES string of the molecule is O=C(O)Cc1ccccc1Nc1cccc(O)c1. The lowest BCUT2D eigenvalue weighted by molar-refractivity contribution is -0.136. The third kappa shape index (κ3) is 3.01. The van der Waals surface area contributed by atoms with Crippen molar-refractivity contribution in [2.75, 3.05) is 5.32 Å². The monoisotopic (exact) mass is 243 g/mol. The zero-order valence-corrected chi connectivity index (χ0v) is 9.63. The minimum atomic E-state index is -0.875. The molecule has 0 saturated heterocycles. The van der Waals surface area contributed by atoms with Crippen molar-refractivity contribution in [1.29, 1.82) is 0 Å². The molecule has 3 N–H and O–H groups in total. The second kappa shape index (κ2) is 5.23. The maximum atomic E-state index is 10.8. The lowest BCUT2D eigenvalue weighted by Crippen LogP contribution is -2.03. The van der Waals surface area contributed by atoms with Gasteiger partial charge in [0.15, 0.2) is 0 Å². The Balaban J connectivity index is 2.26. The summed E-state index contributed by atoms with van der Waals surface area (Å²) in [6.07, 6.45) is -0.0397. The Morgan fingerprint density at radius 3 is 2.61 bits per heavy atom. The van der Waals surface area contributed by atoms with Crippen LogP contribution in [-0.4, -0.2) is 16.2 Å². The molecule has 2 aromatic rings. The smallest absolute Gasteiger partial charge is 0.307 e. The quantitative estimate of drug-likeness (QED) is 0.772. The maximum Gasteiger partial charge on any atom is 0.307 e. The molecule has 4 nitrogen and oxygen atoms in total. The summed E-state index contributed by atoms with van der Waals surface area (Å²) in [4.78, 5) is 10.8. The highest BCUT2D eigenvalue weighted by Gasteiger charge is 2.06. The normalized spacial score (nSPS) is 10.0. The number of carboxylic acids is 1. The van der Waals surface area contributed by atoms with Crippen LogP contribution in [0, 0.1) is 0 Å². The minimum Gasteiger partial charge on any atom is -0.508 e. The van der Waals surface area contributed by atoms with Crippen LogP contribution in [-0.2, 0) is 11.2 Å². The predicted molar refractivity (Wildman–Crippen MR) is 69.2 cm³/mol. The average Bonchev–Trinajstić information content (AvgIpc) is 2.31. The summed E-state index contributed by atoms with van der Waals surface area (Å²) in [5, 5.41) is 21.3. The van der Waals surface area contributed by atoms with E-state index in [1.165, 1.54) is 0 Å². The van der Waals surface area contributed by atoms with E-state index >= 15 is 0 Å². The molecule has 0 aliphatic rings. The highest BCUT2D eigenvalue weighted by molar-refractivity contribution is 5.75. The van der Waals surface area contributed by atoms with Crippen molar-refractivity contribution in [3.63, 3.8) is 0 Å². The van der Waals surface area contributed by atoms with Gasteiger partial charge in [0.1, 0.15) is 5.75 Å². The molecule has 4 heteroatoms. The second-order valence-electron chi connectivity index (χ2n) is 3.90. The van der Waals surface area contributed by atoms with Gasteiger partial charge in [-0.15, -0.1) is 0 Å². The summed E-state index contributed by atoms with van der Waals surface area (Å²) >= 11 is 0. The number of anilines is 2. The van der Waals surface area contributed by atoms with Crippen LogP contribution in [0.3, 0.4) is 0 Å². The van der Waals surface area contributed by atoms with Crippen LogP contribution in [0.25, 0.3) is 0 Å². The number of aromatic hydroxyl groups is 1. The average molecular weight is 243 g/mol. The largest absolute Gasteiger partial charge is 0.508 e. The number of carbonyl (C=O) groups is 1. The van der Waals surface area contributed by atoms with Crippen molar-refractivity contribution < 1.29 is 15.0 Å². The summed E-state index contributed by atoms with van der Waals surface area (Å²) in [6.45, 7) is 0. The Morgan fingerprint density at radius 2 is 1.89 bits per heavy atom. The van der Waals surface area contributed by atoms with Crippen LogP contribution in [0.5, 0.6) is 5.75 Å². The Labute approximate surface area is 105 Å². The number of aliphatic carboxylic acids is 1. The van der Waals surface area contributed by atoms with E-state index in [1.807, 2.05) is 12.1 Å². The van der Waals surface area contributed by atoms with Crippen LogP contribution in [0.4, 0.5) is 11.4 Å². The fraction of sp³-hybridized carbons (Fsp3) is 0.0714. The molecular formula is C14H13NO3. The lowest BCUT2D eigenvalue weighted by atomic mass is 10.1. The molecule has 0 atom stereocenters. The molecule has 2 rings (SSSR count). The molecule has 2 aromatic carbocycles. The minimum absolute atomic E-state index is 0.0397. The molecule has 18 heavy (non-hydrogen) atoms. The number of nitrogens with one attached hydrogen (secondary N) is 1. The van der Waals surface area contributed by atoms with E-state index in [9.17, 15) is 9.90 Å². The van der Waals surface area contributed by atoms with Gasteiger partial charge in [0, 0.05) is 17.4 Å². The van der Waals surface area contributed by atoms with E-state index in [0.29, 0.717) is 11.3 Å². The third-order valence-corrected chi connectivity index (χ3v) is 2.48. The van der Waals surface area contributed by atoms with E-state index in [4.69, 9.17) is 5.11 Å². The van der Waals surface area contributed by atoms with E-state index in [2.05, 4.69) is 5.32 Å². The van der Waals surface area contributed by atoms with Crippen molar-refractivity contribution >= 4 is 17.3 Å². The van der Waals surface area contributed by atoms with Crippen molar-refractivity contribution in [3.8, 4) is 5.75 Å². The number of para-hydroxylation sites is 1. The summed E-state index contributed by atoms with van der Waals surface area (Å²) in [7, 11) is 0. The van der Waals surface area contributed by atoms with Gasteiger partial charge in [-0.1, -0.05) is 24.3 Å². The second-order valence-corrected chi connectivity index (χ2v) is 3.90. The van der Waals surface area contributed by atoms with E-state index in [0.717, 1.165) is 5.69 Å². The zero-order valence-electron chi connectivity index (χ0n) is 9.63. The van der Waals surface area contributed by atoms with Crippen molar-refractivity contribution in [1.82, 2.24) is 0 Å². The first-order valence-electron chi connectivity index (χ1n) is 5.51. The Morgan fingerprint density at radius 1 is 1.11 bits per heavy atom. The molecule has 0 radical (unpaired) electrons. The first kappa shape index (κ1) is 12.0. The van der Waals surface area contributed by atoms with Crippen LogP contribution in [0.15, 0.2) is 48.5 Å². The topological polar surface area (TPSA) is 69.6 Å². The number of hydrogen-bond acceptors (Lipinski definition) is 3. The van der Waals surface area contributed by atoms with Crippen molar-refractivity contribution in [2.45, 2.75) is 6.42 Å². The molecule has 0 aliphatic carbocycles. The highest BCUT2D eigenvalue weighted by atomic mass is 16.4. The van der Waals surface area contributed by atoms with E-state index in [-0.39, 0.29) is 12.2 Å². The first-order valence-corrected chi connectivity index (χ1v) is 5.51. The molecule has 0 unspecified atom stereocenters. The highest BCUT2D eigenvalue weighted by Crippen LogP contribution is 2.23. The molecule has 0 spiro atoms. The standard InChI is InChI=1S/C14H13NO3/c16-12-6-3-5-11(9-12)15-13-7-2-1-4-10(13)8-14(17)18/h1-7,9,15-16H,8H2,(H,17,18). The van der Waals surface area contributed by atoms with Crippen LogP contribution >= 0.6 is 0 Å². The Hall–Kier alpha value is -2.49. The number of hydrogen-bond donors (Lipinski definition) is 3. The van der Waals surface area contributed by atoms with Gasteiger partial charge < -0.3 is 15.5 Å². The summed E-state index contributed by atoms with van der Waals surface area (Å²) in [5.74, 6) is -0.712. The Kier molecular flexibility index (Phi) is 3.48. The van der Waals surface area contributed by atoms with Gasteiger partial charge in [-0.3, -0.25) is 4.79 Å². The molecule has 0 heterocycles. The molecule has 0 amide bonds. The van der Waals surface area contributed by atoms with Gasteiger partial charge >= 0.3 is 5.97 Å². The van der Waals surface area contributed by atoms with Crippen molar-refractivity contribution in [2.24, 2.45) is 0 Å². The maximum absolute atomic E-state index is 10.8. The number of carboxylic acid groups (broad SMARTS) is 1. The number of phenolic OH excluding ortho intramolecular Hbond substituents is 1. The van der Waals surface area contributed by atoms with Crippen LogP contribution in [0.1, 0.15) is 5.56 Å². The predicted octanol–water partition coefficient (Wildman–Crippen LogP) is 2.76. The fourth-order valence-electron chi connectivity index (χ4n) is 1.70. The van der Waals surface area contributed by atoms with Crippen LogP contribution in [0.2, 0.25) is 0 Å². The number of benzene rings is 2. The summed E-state index contributed by atoms with van der Waals surface area (Å²) in [6, 6.07) is 13.9. The molecule has 0 saturated carbocycles. The molecule has 0 aromatic heterocycles. The van der Waals surface area contributed by atoms with Gasteiger partial charge in [0.2, 0.25) is 0 Å². The van der Waals surface area contributed by atoms with Gasteiger partial charge in [-0.05, 0) is 23.8 Å². The van der Waals surface area contributed by atoms with Crippen molar-refractivity contribution in [3.05, 3.63) is 54.1 Å². The van der Waals surface area contributed by atoms with E-state index in [1.54, 1.807) is 36.4 Å². The van der Waals surface area contributed by atoms with Gasteiger partial charge in [-0.2, -0.15) is 0 Å². The molecule has 0 aliphatic heterocycles. The molecular weight excluding hydrogens is 230 g/mol. The fourth-order valence-corrected chi connectivity index (χ4v) is 1.70. The van der Waals surface area contributed by atoms with Gasteiger partial charge in [0.25, 0.3) is 0 Å². The van der Waals surface area contributed by atoms with Gasteiger partial charge in [-0.25, -0.2) is 0 Å². The van der Waals surface area contributed by atoms with Crippen LogP contribution < -0.4 is 5.32 Å². The third-order valence-electron chi connectivity index (χ3n) is 2.48. The molecule has 0 fully saturated rings. The van der Waals surface area contributed by atoms with E-state index < -0.39 is 5.97 Å².